The van der Waals surface area contributed by atoms with E-state index in [0.717, 1.165) is 25.4 Å². The monoisotopic (exact) mass is 226 g/mol. The van der Waals surface area contributed by atoms with Crippen LogP contribution in [-0.2, 0) is 4.79 Å². The summed E-state index contributed by atoms with van der Waals surface area (Å²) in [7, 11) is 3.83. The summed E-state index contributed by atoms with van der Waals surface area (Å²) in [6.45, 7) is 4.01. The lowest BCUT2D eigenvalue weighted by Gasteiger charge is -2.27. The fourth-order valence-electron chi connectivity index (χ4n) is 2.34. The van der Waals surface area contributed by atoms with Crippen molar-refractivity contribution in [3.63, 3.8) is 0 Å². The van der Waals surface area contributed by atoms with Crippen LogP contribution >= 0.6 is 0 Å². The quantitative estimate of drug-likeness (QED) is 0.776. The number of hydrogen-bond donors (Lipinski definition) is 1. The fraction of sp³-hybridized carbons (Fsp3) is 0.923. The van der Waals surface area contributed by atoms with Crippen LogP contribution in [0.5, 0.6) is 0 Å². The van der Waals surface area contributed by atoms with Gasteiger partial charge >= 0.3 is 0 Å². The first-order valence-electron chi connectivity index (χ1n) is 6.52. The lowest BCUT2D eigenvalue weighted by Crippen LogP contribution is -2.34. The smallest absolute Gasteiger partial charge is 0.222 e. The zero-order chi connectivity index (χ0) is 12.0. The maximum atomic E-state index is 11.9. The van der Waals surface area contributed by atoms with E-state index < -0.39 is 0 Å². The second-order valence-electron chi connectivity index (χ2n) is 5.25. The van der Waals surface area contributed by atoms with Gasteiger partial charge in [-0.15, -0.1) is 0 Å². The molecule has 0 saturated heterocycles. The van der Waals surface area contributed by atoms with Crippen molar-refractivity contribution in [1.29, 1.82) is 0 Å². The van der Waals surface area contributed by atoms with Crippen LogP contribution in [0.1, 0.15) is 39.0 Å². The molecule has 0 aromatic heterocycles. The highest BCUT2D eigenvalue weighted by atomic mass is 16.2. The molecule has 0 atom stereocenters. The number of nitrogens with zero attached hydrogens (tertiary/aromatic N) is 1. The minimum absolute atomic E-state index is 0.315. The van der Waals surface area contributed by atoms with Gasteiger partial charge in [-0.05, 0) is 31.7 Å². The summed E-state index contributed by atoms with van der Waals surface area (Å²) in [4.78, 5) is 13.8. The number of carbonyl (C=O) groups is 1. The Kier molecular flexibility index (Phi) is 5.81. The second kappa shape index (κ2) is 6.89. The van der Waals surface area contributed by atoms with Gasteiger partial charge in [0.05, 0.1) is 0 Å². The van der Waals surface area contributed by atoms with E-state index in [0.29, 0.717) is 11.8 Å². The van der Waals surface area contributed by atoms with Crippen molar-refractivity contribution in [1.82, 2.24) is 10.2 Å². The van der Waals surface area contributed by atoms with Gasteiger partial charge in [0.2, 0.25) is 5.91 Å². The minimum atomic E-state index is 0.315. The van der Waals surface area contributed by atoms with Gasteiger partial charge in [-0.1, -0.05) is 19.8 Å². The van der Waals surface area contributed by atoms with E-state index in [-0.39, 0.29) is 0 Å². The summed E-state index contributed by atoms with van der Waals surface area (Å²) in [5.41, 5.74) is 0. The second-order valence-corrected chi connectivity index (χ2v) is 5.25. The number of hydrogen-bond acceptors (Lipinski definition) is 2. The lowest BCUT2D eigenvalue weighted by molar-refractivity contribution is -0.131. The largest absolute Gasteiger partial charge is 0.344 e. The molecule has 0 spiro atoms. The molecule has 0 radical (unpaired) electrons. The number of amides is 1. The highest BCUT2D eigenvalue weighted by Crippen LogP contribution is 2.30. The van der Waals surface area contributed by atoms with E-state index in [2.05, 4.69) is 12.2 Å². The van der Waals surface area contributed by atoms with Gasteiger partial charge in [0.25, 0.3) is 0 Å². The van der Waals surface area contributed by atoms with E-state index >= 15 is 0 Å². The molecule has 3 heteroatoms. The Bertz CT molecular complexity index is 210. The molecular formula is C13H26N2O. The predicted octanol–water partition coefficient (Wildman–Crippen LogP) is 1.88. The SMILES string of the molecule is CNCCN(C)C(=O)CC1CCC(C)CC1. The molecule has 16 heavy (non-hydrogen) atoms. The first kappa shape index (κ1) is 13.5. The summed E-state index contributed by atoms with van der Waals surface area (Å²) >= 11 is 0. The Hall–Kier alpha value is -0.570. The van der Waals surface area contributed by atoms with Gasteiger partial charge in [0, 0.05) is 26.6 Å². The number of rotatable bonds is 5. The van der Waals surface area contributed by atoms with Crippen molar-refractivity contribution in [2.24, 2.45) is 11.8 Å². The van der Waals surface area contributed by atoms with Crippen molar-refractivity contribution in [3.8, 4) is 0 Å². The number of likely N-dealkylation sites (N-methyl/N-ethyl adjacent to an activating group) is 2. The molecule has 0 aromatic carbocycles. The first-order valence-corrected chi connectivity index (χ1v) is 6.52. The molecule has 1 saturated carbocycles. The zero-order valence-electron chi connectivity index (χ0n) is 11.0. The van der Waals surface area contributed by atoms with Crippen LogP contribution in [0.3, 0.4) is 0 Å². The summed E-state index contributed by atoms with van der Waals surface area (Å²) < 4.78 is 0. The van der Waals surface area contributed by atoms with Gasteiger partial charge in [-0.2, -0.15) is 0 Å². The standard InChI is InChI=1S/C13H26N2O/c1-11-4-6-12(7-5-11)10-13(16)15(3)9-8-14-2/h11-12,14H,4-10H2,1-3H3. The van der Waals surface area contributed by atoms with Crippen LogP contribution in [0, 0.1) is 11.8 Å². The zero-order valence-corrected chi connectivity index (χ0v) is 11.0. The molecule has 3 nitrogen and oxygen atoms in total. The van der Waals surface area contributed by atoms with Gasteiger partial charge in [-0.25, -0.2) is 0 Å². The molecule has 0 unspecified atom stereocenters. The molecule has 1 aliphatic rings. The van der Waals surface area contributed by atoms with E-state index in [1.54, 1.807) is 0 Å². The fourth-order valence-corrected chi connectivity index (χ4v) is 2.34. The Balaban J connectivity index is 2.22. The van der Waals surface area contributed by atoms with Gasteiger partial charge in [0.1, 0.15) is 0 Å². The van der Waals surface area contributed by atoms with Crippen LogP contribution in [0.15, 0.2) is 0 Å². The highest BCUT2D eigenvalue weighted by molar-refractivity contribution is 5.76. The molecule has 0 bridgehead atoms. The third kappa shape index (κ3) is 4.52. The summed E-state index contributed by atoms with van der Waals surface area (Å²) in [6.07, 6.45) is 5.85. The Labute approximate surface area is 99.6 Å². The van der Waals surface area contributed by atoms with Crippen molar-refractivity contribution < 1.29 is 4.79 Å². The predicted molar refractivity (Wildman–Crippen MR) is 67.3 cm³/mol. The van der Waals surface area contributed by atoms with E-state index in [9.17, 15) is 4.79 Å². The molecule has 1 amide bonds. The third-order valence-corrected chi connectivity index (χ3v) is 3.72. The Morgan fingerprint density at radius 3 is 2.50 bits per heavy atom. The molecule has 1 fully saturated rings. The third-order valence-electron chi connectivity index (χ3n) is 3.72. The molecule has 1 rings (SSSR count). The molecular weight excluding hydrogens is 200 g/mol. The van der Waals surface area contributed by atoms with Crippen molar-refractivity contribution >= 4 is 5.91 Å². The summed E-state index contributed by atoms with van der Waals surface area (Å²) in [5.74, 6) is 1.82. The van der Waals surface area contributed by atoms with E-state index in [4.69, 9.17) is 0 Å². The highest BCUT2D eigenvalue weighted by Gasteiger charge is 2.21. The Morgan fingerprint density at radius 2 is 1.94 bits per heavy atom. The number of carbonyl (C=O) groups excluding carboxylic acids is 1. The molecule has 94 valence electrons. The van der Waals surface area contributed by atoms with Gasteiger partial charge in [0.15, 0.2) is 0 Å². The van der Waals surface area contributed by atoms with Gasteiger partial charge < -0.3 is 10.2 Å². The molecule has 0 aromatic rings. The van der Waals surface area contributed by atoms with Crippen molar-refractivity contribution in [3.05, 3.63) is 0 Å². The van der Waals surface area contributed by atoms with Crippen LogP contribution in [-0.4, -0.2) is 38.0 Å². The maximum absolute atomic E-state index is 11.9. The molecule has 0 aliphatic heterocycles. The van der Waals surface area contributed by atoms with E-state index in [1.807, 2.05) is 19.0 Å². The molecule has 1 aliphatic carbocycles. The first-order chi connectivity index (χ1) is 7.63. The molecule has 0 heterocycles. The summed E-state index contributed by atoms with van der Waals surface area (Å²) in [5, 5.41) is 3.07. The van der Waals surface area contributed by atoms with Crippen LogP contribution in [0.2, 0.25) is 0 Å². The topological polar surface area (TPSA) is 32.3 Å². The average molecular weight is 226 g/mol. The van der Waals surface area contributed by atoms with Crippen molar-refractivity contribution in [2.75, 3.05) is 27.2 Å². The average Bonchev–Trinajstić information content (AvgIpc) is 2.29. The van der Waals surface area contributed by atoms with Crippen molar-refractivity contribution in [2.45, 2.75) is 39.0 Å². The minimum Gasteiger partial charge on any atom is -0.344 e. The van der Waals surface area contributed by atoms with Crippen LogP contribution in [0.25, 0.3) is 0 Å². The van der Waals surface area contributed by atoms with E-state index in [1.165, 1.54) is 25.7 Å². The number of nitrogens with one attached hydrogen (secondary N) is 1. The Morgan fingerprint density at radius 1 is 1.31 bits per heavy atom. The lowest BCUT2D eigenvalue weighted by atomic mass is 9.81. The molecule has 1 N–H and O–H groups in total. The van der Waals surface area contributed by atoms with Gasteiger partial charge in [-0.3, -0.25) is 4.79 Å². The normalized spacial score (nSPS) is 25.4. The van der Waals surface area contributed by atoms with Crippen LogP contribution in [0.4, 0.5) is 0 Å². The summed E-state index contributed by atoms with van der Waals surface area (Å²) in [6, 6.07) is 0. The maximum Gasteiger partial charge on any atom is 0.222 e. The van der Waals surface area contributed by atoms with Crippen LogP contribution < -0.4 is 5.32 Å².